The van der Waals surface area contributed by atoms with Crippen molar-refractivity contribution >= 4 is 46.8 Å². The molecule has 0 saturated carbocycles. The van der Waals surface area contributed by atoms with Crippen LogP contribution >= 0.6 is 35.0 Å². The van der Waals surface area contributed by atoms with Gasteiger partial charge in [0.05, 0.1) is 5.37 Å². The van der Waals surface area contributed by atoms with Crippen LogP contribution in [0.5, 0.6) is 0 Å². The molecule has 7 heteroatoms. The molecule has 0 radical (unpaired) electrons. The van der Waals surface area contributed by atoms with E-state index in [1.54, 1.807) is 0 Å². The van der Waals surface area contributed by atoms with Crippen molar-refractivity contribution in [3.8, 4) is 0 Å². The monoisotopic (exact) mass is 347 g/mol. The van der Waals surface area contributed by atoms with Crippen molar-refractivity contribution in [2.24, 2.45) is 5.92 Å². The highest BCUT2D eigenvalue weighted by Crippen LogP contribution is 2.35. The summed E-state index contributed by atoms with van der Waals surface area (Å²) in [5.41, 5.74) is 0.312. The molecule has 1 aromatic rings. The van der Waals surface area contributed by atoms with Crippen molar-refractivity contribution in [3.63, 3.8) is 0 Å². The van der Waals surface area contributed by atoms with Gasteiger partial charge in [-0.15, -0.1) is 11.8 Å². The lowest BCUT2D eigenvalue weighted by Gasteiger charge is -2.29. The van der Waals surface area contributed by atoms with Crippen molar-refractivity contribution in [2.75, 3.05) is 5.75 Å². The number of carbonyl (C=O) groups is 2. The molecule has 1 N–H and O–H groups in total. The number of hydrogen-bond donors (Lipinski definition) is 1. The summed E-state index contributed by atoms with van der Waals surface area (Å²) in [6.07, 6.45) is 0. The molecule has 1 heterocycles. The fourth-order valence-electron chi connectivity index (χ4n) is 2.32. The topological polar surface area (TPSA) is 57.6 Å². The van der Waals surface area contributed by atoms with Gasteiger partial charge in [0.25, 0.3) is 5.91 Å². The van der Waals surface area contributed by atoms with Crippen LogP contribution in [0.2, 0.25) is 10.0 Å². The van der Waals surface area contributed by atoms with E-state index in [2.05, 4.69) is 0 Å². The molecule has 114 valence electrons. The van der Waals surface area contributed by atoms with Crippen molar-refractivity contribution in [1.82, 2.24) is 4.90 Å². The minimum atomic E-state index is -0.993. The first-order valence-electron chi connectivity index (χ1n) is 6.44. The van der Waals surface area contributed by atoms with Crippen LogP contribution in [-0.4, -0.2) is 39.1 Å². The van der Waals surface area contributed by atoms with Crippen molar-refractivity contribution in [1.29, 1.82) is 0 Å². The molecule has 1 saturated heterocycles. The minimum Gasteiger partial charge on any atom is -0.480 e. The van der Waals surface area contributed by atoms with E-state index in [1.165, 1.54) is 34.9 Å². The Morgan fingerprint density at radius 3 is 2.33 bits per heavy atom. The Morgan fingerprint density at radius 1 is 1.29 bits per heavy atom. The molecule has 1 aliphatic rings. The van der Waals surface area contributed by atoms with E-state index < -0.39 is 12.0 Å². The second-order valence-corrected chi connectivity index (χ2v) is 7.22. The Kier molecular flexibility index (Phi) is 5.07. The molecule has 2 rings (SSSR count). The number of aliphatic carboxylic acids is 1. The number of hydrogen-bond acceptors (Lipinski definition) is 3. The Labute approximate surface area is 137 Å². The summed E-state index contributed by atoms with van der Waals surface area (Å²) < 4.78 is 0. The lowest BCUT2D eigenvalue weighted by atomic mass is 10.1. The van der Waals surface area contributed by atoms with Crippen LogP contribution in [0.4, 0.5) is 0 Å². The Bertz CT molecular complexity index is 559. The highest BCUT2D eigenvalue weighted by molar-refractivity contribution is 8.00. The van der Waals surface area contributed by atoms with E-state index in [0.717, 1.165) is 0 Å². The Morgan fingerprint density at radius 2 is 1.86 bits per heavy atom. The summed E-state index contributed by atoms with van der Waals surface area (Å²) in [4.78, 5) is 25.5. The second-order valence-electron chi connectivity index (χ2n) is 5.19. The number of nitrogens with zero attached hydrogens (tertiary/aromatic N) is 1. The SMILES string of the molecule is CC(C)C1SCC(C(=O)O)N1C(=O)c1cc(Cl)cc(Cl)c1. The summed E-state index contributed by atoms with van der Waals surface area (Å²) in [7, 11) is 0. The van der Waals surface area contributed by atoms with Gasteiger partial charge in [-0.1, -0.05) is 37.0 Å². The molecule has 0 aliphatic carbocycles. The fraction of sp³-hybridized carbons (Fsp3) is 0.429. The summed E-state index contributed by atoms with van der Waals surface area (Å²) >= 11 is 13.3. The Balaban J connectivity index is 2.38. The largest absolute Gasteiger partial charge is 0.480 e. The number of amides is 1. The van der Waals surface area contributed by atoms with Crippen molar-refractivity contribution in [3.05, 3.63) is 33.8 Å². The van der Waals surface area contributed by atoms with E-state index in [-0.39, 0.29) is 17.2 Å². The van der Waals surface area contributed by atoms with Gasteiger partial charge in [0, 0.05) is 21.4 Å². The van der Waals surface area contributed by atoms with Crippen LogP contribution in [-0.2, 0) is 4.79 Å². The van der Waals surface area contributed by atoms with Crippen LogP contribution < -0.4 is 0 Å². The zero-order valence-corrected chi connectivity index (χ0v) is 13.9. The maximum absolute atomic E-state index is 12.7. The van der Waals surface area contributed by atoms with Crippen LogP contribution in [0.1, 0.15) is 24.2 Å². The molecule has 0 bridgehead atoms. The van der Waals surface area contributed by atoms with Gasteiger partial charge >= 0.3 is 5.97 Å². The average Bonchev–Trinajstić information content (AvgIpc) is 2.81. The lowest BCUT2D eigenvalue weighted by Crippen LogP contribution is -2.47. The molecule has 4 nitrogen and oxygen atoms in total. The van der Waals surface area contributed by atoms with Gasteiger partial charge in [-0.2, -0.15) is 0 Å². The molecule has 2 unspecified atom stereocenters. The predicted molar refractivity (Wildman–Crippen MR) is 85.1 cm³/mol. The molecule has 0 aromatic heterocycles. The van der Waals surface area contributed by atoms with Gasteiger partial charge in [-0.3, -0.25) is 4.79 Å². The van der Waals surface area contributed by atoms with Crippen molar-refractivity contribution in [2.45, 2.75) is 25.3 Å². The third kappa shape index (κ3) is 3.47. The molecular formula is C14H15Cl2NO3S. The van der Waals surface area contributed by atoms with Crippen molar-refractivity contribution < 1.29 is 14.7 Å². The zero-order valence-electron chi connectivity index (χ0n) is 11.5. The van der Waals surface area contributed by atoms with E-state index in [4.69, 9.17) is 23.2 Å². The minimum absolute atomic E-state index is 0.151. The number of benzene rings is 1. The van der Waals surface area contributed by atoms with E-state index in [1.807, 2.05) is 13.8 Å². The molecule has 1 aliphatic heterocycles. The maximum atomic E-state index is 12.7. The third-order valence-corrected chi connectivity index (χ3v) is 5.29. The number of carbonyl (C=O) groups excluding carboxylic acids is 1. The maximum Gasteiger partial charge on any atom is 0.327 e. The summed E-state index contributed by atoms with van der Waals surface area (Å²) in [6.45, 7) is 3.93. The normalized spacial score (nSPS) is 21.9. The lowest BCUT2D eigenvalue weighted by molar-refractivity contribution is -0.141. The van der Waals surface area contributed by atoms with E-state index in [9.17, 15) is 14.7 Å². The average molecular weight is 348 g/mol. The quantitative estimate of drug-likeness (QED) is 0.907. The smallest absolute Gasteiger partial charge is 0.327 e. The molecule has 1 amide bonds. The molecular weight excluding hydrogens is 333 g/mol. The first kappa shape index (κ1) is 16.5. The molecule has 2 atom stereocenters. The fourth-order valence-corrected chi connectivity index (χ4v) is 4.31. The predicted octanol–water partition coefficient (Wildman–Crippen LogP) is 3.62. The van der Waals surface area contributed by atoms with Crippen LogP contribution in [0.15, 0.2) is 18.2 Å². The Hall–Kier alpha value is -0.910. The number of halogens is 2. The van der Waals surface area contributed by atoms with Gasteiger partial charge in [-0.05, 0) is 24.1 Å². The number of carboxylic acids is 1. The standard InChI is InChI=1S/C14H15Cl2NO3S/c1-7(2)13-17(11(6-21-13)14(19)20)12(18)8-3-9(15)5-10(16)4-8/h3-5,7,11,13H,6H2,1-2H3,(H,19,20). The summed E-state index contributed by atoms with van der Waals surface area (Å²) in [6, 6.07) is 3.73. The first-order chi connectivity index (χ1) is 9.81. The number of rotatable bonds is 3. The highest BCUT2D eigenvalue weighted by Gasteiger charge is 2.43. The molecule has 1 fully saturated rings. The third-order valence-electron chi connectivity index (χ3n) is 3.23. The molecule has 21 heavy (non-hydrogen) atoms. The summed E-state index contributed by atoms with van der Waals surface area (Å²) in [5, 5.41) is 9.86. The van der Waals surface area contributed by atoms with Gasteiger partial charge in [0.15, 0.2) is 0 Å². The highest BCUT2D eigenvalue weighted by atomic mass is 35.5. The first-order valence-corrected chi connectivity index (χ1v) is 8.25. The molecule has 0 spiro atoms. The molecule has 1 aromatic carbocycles. The second kappa shape index (κ2) is 6.46. The van der Waals surface area contributed by atoms with Gasteiger partial charge in [0.2, 0.25) is 0 Å². The van der Waals surface area contributed by atoms with Crippen LogP contribution in [0, 0.1) is 5.92 Å². The number of thioether (sulfide) groups is 1. The van der Waals surface area contributed by atoms with Gasteiger partial charge in [0.1, 0.15) is 6.04 Å². The van der Waals surface area contributed by atoms with E-state index >= 15 is 0 Å². The van der Waals surface area contributed by atoms with Crippen LogP contribution in [0.3, 0.4) is 0 Å². The van der Waals surface area contributed by atoms with Gasteiger partial charge in [-0.25, -0.2) is 4.79 Å². The summed E-state index contributed by atoms with van der Waals surface area (Å²) in [5.74, 6) is -0.807. The zero-order chi connectivity index (χ0) is 15.7. The van der Waals surface area contributed by atoms with Crippen LogP contribution in [0.25, 0.3) is 0 Å². The van der Waals surface area contributed by atoms with E-state index in [0.29, 0.717) is 21.4 Å². The van der Waals surface area contributed by atoms with Gasteiger partial charge < -0.3 is 10.0 Å². The number of carboxylic acid groups (broad SMARTS) is 1.